The fraction of sp³-hybridized carbons (Fsp3) is 0.133. The van der Waals surface area contributed by atoms with Crippen LogP contribution in [0.1, 0.15) is 15.9 Å². The van der Waals surface area contributed by atoms with Crippen LogP contribution in [-0.2, 0) is 15.7 Å². The van der Waals surface area contributed by atoms with Crippen molar-refractivity contribution >= 4 is 29.2 Å². The molecular formula is C15H10ClF3N2O3. The summed E-state index contributed by atoms with van der Waals surface area (Å²) >= 11 is 5.61. The zero-order valence-corrected chi connectivity index (χ0v) is 12.7. The summed E-state index contributed by atoms with van der Waals surface area (Å²) in [6.07, 6.45) is -3.34. The molecule has 1 heterocycles. The number of hydrogen-bond acceptors (Lipinski definition) is 4. The van der Waals surface area contributed by atoms with Crippen molar-refractivity contribution in [1.82, 2.24) is 4.98 Å². The van der Waals surface area contributed by atoms with E-state index in [9.17, 15) is 22.8 Å². The third-order valence-corrected chi connectivity index (χ3v) is 3.01. The van der Waals surface area contributed by atoms with Gasteiger partial charge in [-0.15, -0.1) is 0 Å². The van der Waals surface area contributed by atoms with Crippen LogP contribution in [0.3, 0.4) is 0 Å². The van der Waals surface area contributed by atoms with Crippen LogP contribution in [0.25, 0.3) is 0 Å². The minimum Gasteiger partial charge on any atom is -0.452 e. The van der Waals surface area contributed by atoms with Crippen molar-refractivity contribution in [1.29, 1.82) is 0 Å². The molecule has 0 aliphatic heterocycles. The molecule has 126 valence electrons. The molecule has 5 nitrogen and oxygen atoms in total. The van der Waals surface area contributed by atoms with Gasteiger partial charge in [-0.1, -0.05) is 23.7 Å². The molecule has 1 amide bonds. The zero-order chi connectivity index (χ0) is 17.7. The number of alkyl halides is 3. The molecule has 0 saturated heterocycles. The van der Waals surface area contributed by atoms with E-state index in [1.807, 2.05) is 0 Å². The summed E-state index contributed by atoms with van der Waals surface area (Å²) in [4.78, 5) is 27.1. The van der Waals surface area contributed by atoms with E-state index >= 15 is 0 Å². The Hall–Kier alpha value is -2.61. The Morgan fingerprint density at radius 3 is 2.58 bits per heavy atom. The maximum Gasteiger partial charge on any atom is 0.418 e. The van der Waals surface area contributed by atoms with E-state index in [1.165, 1.54) is 30.5 Å². The molecule has 0 fully saturated rings. The van der Waals surface area contributed by atoms with Crippen molar-refractivity contribution in [2.24, 2.45) is 0 Å². The van der Waals surface area contributed by atoms with Gasteiger partial charge in [-0.05, 0) is 24.3 Å². The van der Waals surface area contributed by atoms with E-state index < -0.39 is 35.9 Å². The molecule has 0 aliphatic rings. The van der Waals surface area contributed by atoms with Gasteiger partial charge in [0.15, 0.2) is 6.61 Å². The van der Waals surface area contributed by atoms with E-state index in [0.717, 1.165) is 12.1 Å². The Morgan fingerprint density at radius 2 is 1.92 bits per heavy atom. The lowest BCUT2D eigenvalue weighted by atomic mass is 10.1. The Morgan fingerprint density at radius 1 is 1.21 bits per heavy atom. The van der Waals surface area contributed by atoms with Crippen LogP contribution < -0.4 is 5.32 Å². The molecule has 0 radical (unpaired) electrons. The van der Waals surface area contributed by atoms with Gasteiger partial charge in [0.25, 0.3) is 5.91 Å². The van der Waals surface area contributed by atoms with Gasteiger partial charge in [0.1, 0.15) is 5.15 Å². The van der Waals surface area contributed by atoms with E-state index in [4.69, 9.17) is 16.3 Å². The monoisotopic (exact) mass is 358 g/mol. The topological polar surface area (TPSA) is 68.3 Å². The average Bonchev–Trinajstić information content (AvgIpc) is 2.52. The van der Waals surface area contributed by atoms with Crippen LogP contribution in [0.2, 0.25) is 5.15 Å². The molecule has 1 N–H and O–H groups in total. The summed E-state index contributed by atoms with van der Waals surface area (Å²) < 4.78 is 43.2. The highest BCUT2D eigenvalue weighted by Crippen LogP contribution is 2.34. The second-order valence-corrected chi connectivity index (χ2v) is 4.92. The number of carbonyl (C=O) groups is 2. The zero-order valence-electron chi connectivity index (χ0n) is 11.9. The molecule has 1 aromatic heterocycles. The number of para-hydroxylation sites is 1. The first-order valence-corrected chi connectivity index (χ1v) is 6.90. The number of anilines is 1. The normalized spacial score (nSPS) is 11.0. The number of nitrogens with one attached hydrogen (secondary N) is 1. The summed E-state index contributed by atoms with van der Waals surface area (Å²) in [6.45, 7) is -0.745. The highest BCUT2D eigenvalue weighted by Gasteiger charge is 2.33. The molecule has 0 atom stereocenters. The molecule has 0 unspecified atom stereocenters. The van der Waals surface area contributed by atoms with Gasteiger partial charge < -0.3 is 10.1 Å². The van der Waals surface area contributed by atoms with Crippen LogP contribution in [0.15, 0.2) is 42.6 Å². The number of benzene rings is 1. The lowest BCUT2D eigenvalue weighted by Crippen LogP contribution is -2.22. The first kappa shape index (κ1) is 17.7. The molecule has 0 saturated carbocycles. The molecule has 0 aliphatic carbocycles. The fourth-order valence-electron chi connectivity index (χ4n) is 1.77. The van der Waals surface area contributed by atoms with Crippen LogP contribution in [-0.4, -0.2) is 23.5 Å². The summed E-state index contributed by atoms with van der Waals surface area (Å²) in [5.74, 6) is -1.75. The lowest BCUT2D eigenvalue weighted by Gasteiger charge is -2.13. The summed E-state index contributed by atoms with van der Waals surface area (Å²) in [6, 6.07) is 7.04. The standard InChI is InChI=1S/C15H10ClF3N2O3/c16-12-7-9(5-6-20-12)14(23)24-8-13(22)21-11-4-2-1-3-10(11)15(17,18)19/h1-7H,8H2,(H,21,22). The van der Waals surface area contributed by atoms with E-state index in [2.05, 4.69) is 10.3 Å². The predicted molar refractivity (Wildman–Crippen MR) is 79.6 cm³/mol. The number of amides is 1. The van der Waals surface area contributed by atoms with Crippen LogP contribution in [0.5, 0.6) is 0 Å². The number of halogens is 4. The summed E-state index contributed by atoms with van der Waals surface area (Å²) in [5.41, 5.74) is -1.35. The quantitative estimate of drug-likeness (QED) is 0.670. The van der Waals surface area contributed by atoms with Gasteiger partial charge in [-0.3, -0.25) is 4.79 Å². The second-order valence-electron chi connectivity index (χ2n) is 4.53. The number of esters is 1. The van der Waals surface area contributed by atoms with Crippen molar-refractivity contribution in [2.75, 3.05) is 11.9 Å². The van der Waals surface area contributed by atoms with Gasteiger partial charge in [0, 0.05) is 6.20 Å². The molecule has 2 rings (SSSR count). The third-order valence-electron chi connectivity index (χ3n) is 2.80. The van der Waals surface area contributed by atoms with Crippen molar-refractivity contribution in [3.05, 3.63) is 58.9 Å². The summed E-state index contributed by atoms with van der Waals surface area (Å²) in [5, 5.41) is 2.12. The fourth-order valence-corrected chi connectivity index (χ4v) is 1.94. The number of hydrogen-bond donors (Lipinski definition) is 1. The predicted octanol–water partition coefficient (Wildman–Crippen LogP) is 3.55. The molecule has 2 aromatic rings. The first-order valence-electron chi connectivity index (χ1n) is 6.52. The molecule has 0 bridgehead atoms. The molecular weight excluding hydrogens is 349 g/mol. The van der Waals surface area contributed by atoms with Crippen LogP contribution in [0, 0.1) is 0 Å². The van der Waals surface area contributed by atoms with Crippen molar-refractivity contribution in [2.45, 2.75) is 6.18 Å². The maximum absolute atomic E-state index is 12.8. The first-order chi connectivity index (χ1) is 11.3. The van der Waals surface area contributed by atoms with Crippen LogP contribution in [0.4, 0.5) is 18.9 Å². The minimum atomic E-state index is -4.62. The van der Waals surface area contributed by atoms with E-state index in [-0.39, 0.29) is 10.7 Å². The van der Waals surface area contributed by atoms with E-state index in [1.54, 1.807) is 0 Å². The Balaban J connectivity index is 1.98. The van der Waals surface area contributed by atoms with Gasteiger partial charge in [-0.2, -0.15) is 13.2 Å². The second kappa shape index (κ2) is 7.31. The van der Waals surface area contributed by atoms with Crippen molar-refractivity contribution < 1.29 is 27.5 Å². The van der Waals surface area contributed by atoms with E-state index in [0.29, 0.717) is 0 Å². The molecule has 0 spiro atoms. The number of rotatable bonds is 4. The number of aromatic nitrogens is 1. The van der Waals surface area contributed by atoms with Crippen molar-refractivity contribution in [3.8, 4) is 0 Å². The number of pyridine rings is 1. The lowest BCUT2D eigenvalue weighted by molar-refractivity contribution is -0.137. The number of carbonyl (C=O) groups excluding carboxylic acids is 2. The molecule has 1 aromatic carbocycles. The summed E-state index contributed by atoms with van der Waals surface area (Å²) in [7, 11) is 0. The Labute approximate surface area is 139 Å². The van der Waals surface area contributed by atoms with Gasteiger partial charge in [-0.25, -0.2) is 9.78 Å². The Kier molecular flexibility index (Phi) is 5.40. The Bertz CT molecular complexity index is 766. The molecule has 9 heteroatoms. The maximum atomic E-state index is 12.8. The van der Waals surface area contributed by atoms with Gasteiger partial charge in [0.2, 0.25) is 0 Å². The number of ether oxygens (including phenoxy) is 1. The average molecular weight is 359 g/mol. The SMILES string of the molecule is O=C(COC(=O)c1ccnc(Cl)c1)Nc1ccccc1C(F)(F)F. The number of nitrogens with zero attached hydrogens (tertiary/aromatic N) is 1. The van der Waals surface area contributed by atoms with Crippen LogP contribution >= 0.6 is 11.6 Å². The highest BCUT2D eigenvalue weighted by atomic mass is 35.5. The smallest absolute Gasteiger partial charge is 0.418 e. The largest absolute Gasteiger partial charge is 0.452 e. The van der Waals surface area contributed by atoms with Crippen molar-refractivity contribution in [3.63, 3.8) is 0 Å². The van der Waals surface area contributed by atoms with Gasteiger partial charge in [0.05, 0.1) is 16.8 Å². The highest BCUT2D eigenvalue weighted by molar-refractivity contribution is 6.29. The third kappa shape index (κ3) is 4.69. The van der Waals surface area contributed by atoms with Gasteiger partial charge >= 0.3 is 12.1 Å². The minimum absolute atomic E-state index is 0.0630. The molecule has 24 heavy (non-hydrogen) atoms.